The van der Waals surface area contributed by atoms with Crippen LogP contribution in [0.3, 0.4) is 0 Å². The second-order valence-corrected chi connectivity index (χ2v) is 8.89. The SMILES string of the molecule is CCOc1ccc(S(=O)(=O)NCCNc2cc(N3CCCC3)nc(C)n2)c(OCC)c1. The van der Waals surface area contributed by atoms with Crippen molar-refractivity contribution < 1.29 is 17.9 Å². The molecule has 0 unspecified atom stereocenters. The third kappa shape index (κ3) is 6.20. The third-order valence-corrected chi connectivity index (χ3v) is 6.29. The summed E-state index contributed by atoms with van der Waals surface area (Å²) in [5, 5.41) is 3.18. The molecule has 1 saturated heterocycles. The fourth-order valence-corrected chi connectivity index (χ4v) is 4.60. The summed E-state index contributed by atoms with van der Waals surface area (Å²) >= 11 is 0. The van der Waals surface area contributed by atoms with Crippen LogP contribution in [0.15, 0.2) is 29.2 Å². The lowest BCUT2D eigenvalue weighted by molar-refractivity contribution is 0.317. The van der Waals surface area contributed by atoms with E-state index in [0.717, 1.165) is 18.9 Å². The largest absolute Gasteiger partial charge is 0.494 e. The zero-order valence-corrected chi connectivity index (χ0v) is 19.2. The molecule has 9 nitrogen and oxygen atoms in total. The number of ether oxygens (including phenoxy) is 2. The van der Waals surface area contributed by atoms with Crippen LogP contribution >= 0.6 is 0 Å². The van der Waals surface area contributed by atoms with E-state index in [1.165, 1.54) is 18.9 Å². The Morgan fingerprint density at radius 2 is 1.77 bits per heavy atom. The Hall–Kier alpha value is -2.59. The van der Waals surface area contributed by atoms with Gasteiger partial charge in [-0.2, -0.15) is 0 Å². The van der Waals surface area contributed by atoms with Gasteiger partial charge in [-0.3, -0.25) is 0 Å². The van der Waals surface area contributed by atoms with E-state index in [1.54, 1.807) is 19.1 Å². The van der Waals surface area contributed by atoms with Gasteiger partial charge in [0.05, 0.1) is 13.2 Å². The van der Waals surface area contributed by atoms with Crippen LogP contribution in [0.2, 0.25) is 0 Å². The summed E-state index contributed by atoms with van der Waals surface area (Å²) in [5.74, 6) is 3.12. The topological polar surface area (TPSA) is 106 Å². The van der Waals surface area contributed by atoms with E-state index in [2.05, 4.69) is 24.9 Å². The first kappa shape index (κ1) is 23.1. The van der Waals surface area contributed by atoms with Crippen molar-refractivity contribution in [3.8, 4) is 11.5 Å². The summed E-state index contributed by atoms with van der Waals surface area (Å²) < 4.78 is 39.2. The number of hydrogen-bond acceptors (Lipinski definition) is 8. The molecule has 0 atom stereocenters. The first-order chi connectivity index (χ1) is 14.9. The van der Waals surface area contributed by atoms with Crippen molar-refractivity contribution in [2.24, 2.45) is 0 Å². The number of anilines is 2. The van der Waals surface area contributed by atoms with E-state index in [0.29, 0.717) is 37.2 Å². The third-order valence-electron chi connectivity index (χ3n) is 4.79. The predicted molar refractivity (Wildman–Crippen MR) is 121 cm³/mol. The maximum atomic E-state index is 12.8. The molecule has 0 spiro atoms. The smallest absolute Gasteiger partial charge is 0.244 e. The minimum atomic E-state index is -3.74. The summed E-state index contributed by atoms with van der Waals surface area (Å²) in [6.07, 6.45) is 2.34. The fourth-order valence-electron chi connectivity index (χ4n) is 3.44. The first-order valence-electron chi connectivity index (χ1n) is 10.7. The molecule has 0 radical (unpaired) electrons. The van der Waals surface area contributed by atoms with Crippen molar-refractivity contribution in [2.75, 3.05) is 49.6 Å². The maximum absolute atomic E-state index is 12.8. The number of rotatable bonds is 11. The molecule has 31 heavy (non-hydrogen) atoms. The molecule has 10 heteroatoms. The number of hydrogen-bond donors (Lipinski definition) is 2. The fraction of sp³-hybridized carbons (Fsp3) is 0.524. The number of nitrogens with zero attached hydrogens (tertiary/aromatic N) is 3. The summed E-state index contributed by atoms with van der Waals surface area (Å²) in [6, 6.07) is 6.64. The lowest BCUT2D eigenvalue weighted by Gasteiger charge is -2.18. The van der Waals surface area contributed by atoms with Crippen molar-refractivity contribution in [3.63, 3.8) is 0 Å². The van der Waals surface area contributed by atoms with E-state index in [-0.39, 0.29) is 17.2 Å². The van der Waals surface area contributed by atoms with E-state index in [1.807, 2.05) is 19.9 Å². The minimum Gasteiger partial charge on any atom is -0.494 e. The maximum Gasteiger partial charge on any atom is 0.244 e. The highest BCUT2D eigenvalue weighted by Gasteiger charge is 2.20. The van der Waals surface area contributed by atoms with Crippen molar-refractivity contribution in [2.45, 2.75) is 38.5 Å². The number of benzene rings is 1. The van der Waals surface area contributed by atoms with Crippen LogP contribution in [-0.4, -0.2) is 57.8 Å². The molecule has 3 rings (SSSR count). The van der Waals surface area contributed by atoms with Crippen LogP contribution in [-0.2, 0) is 10.0 Å². The van der Waals surface area contributed by atoms with Crippen LogP contribution in [0, 0.1) is 6.92 Å². The standard InChI is InChI=1S/C21H31N5O4S/c1-4-29-17-8-9-19(18(14-17)30-5-2)31(27,28)23-11-10-22-20-15-21(25-16(3)24-20)26-12-6-7-13-26/h8-9,14-15,23H,4-7,10-13H2,1-3H3,(H,22,24,25). The first-order valence-corrected chi connectivity index (χ1v) is 12.1. The van der Waals surface area contributed by atoms with Gasteiger partial charge in [-0.1, -0.05) is 0 Å². The van der Waals surface area contributed by atoms with Crippen LogP contribution in [0.25, 0.3) is 0 Å². The molecule has 1 aliphatic heterocycles. The predicted octanol–water partition coefficient (Wildman–Crippen LogP) is 2.57. The van der Waals surface area contributed by atoms with Crippen molar-refractivity contribution in [1.29, 1.82) is 0 Å². The second-order valence-electron chi connectivity index (χ2n) is 7.15. The van der Waals surface area contributed by atoms with Crippen LogP contribution in [0.4, 0.5) is 11.6 Å². The highest BCUT2D eigenvalue weighted by Crippen LogP contribution is 2.28. The summed E-state index contributed by atoms with van der Waals surface area (Å²) in [7, 11) is -3.74. The Balaban J connectivity index is 1.61. The molecule has 1 fully saturated rings. The molecule has 2 aromatic rings. The highest BCUT2D eigenvalue weighted by atomic mass is 32.2. The van der Waals surface area contributed by atoms with Crippen LogP contribution < -0.4 is 24.4 Å². The Bertz CT molecular complexity index is 978. The monoisotopic (exact) mass is 449 g/mol. The lowest BCUT2D eigenvalue weighted by atomic mass is 10.3. The Kier molecular flexibility index (Phi) is 7.91. The summed E-state index contributed by atoms with van der Waals surface area (Å²) in [5.41, 5.74) is 0. The molecule has 170 valence electrons. The molecule has 2 heterocycles. The number of aryl methyl sites for hydroxylation is 1. The van der Waals surface area contributed by atoms with Gasteiger partial charge in [-0.05, 0) is 45.7 Å². The molecule has 0 bridgehead atoms. The molecule has 0 amide bonds. The van der Waals surface area contributed by atoms with Gasteiger partial charge in [-0.25, -0.2) is 23.1 Å². The molecule has 2 N–H and O–H groups in total. The Morgan fingerprint density at radius 1 is 1.03 bits per heavy atom. The van der Waals surface area contributed by atoms with Gasteiger partial charge in [0.1, 0.15) is 33.9 Å². The zero-order valence-electron chi connectivity index (χ0n) is 18.3. The van der Waals surface area contributed by atoms with Gasteiger partial charge >= 0.3 is 0 Å². The Morgan fingerprint density at radius 3 is 2.48 bits per heavy atom. The van der Waals surface area contributed by atoms with Crippen molar-refractivity contribution in [3.05, 3.63) is 30.1 Å². The van der Waals surface area contributed by atoms with Gasteiger partial charge in [0, 0.05) is 38.3 Å². The van der Waals surface area contributed by atoms with Gasteiger partial charge in [-0.15, -0.1) is 0 Å². The molecular weight excluding hydrogens is 418 g/mol. The molecule has 1 aromatic heterocycles. The zero-order chi connectivity index (χ0) is 22.3. The molecule has 0 aliphatic carbocycles. The van der Waals surface area contributed by atoms with E-state index < -0.39 is 10.0 Å². The summed E-state index contributed by atoms with van der Waals surface area (Å²) in [6.45, 7) is 8.96. The highest BCUT2D eigenvalue weighted by molar-refractivity contribution is 7.89. The van der Waals surface area contributed by atoms with Crippen LogP contribution in [0.1, 0.15) is 32.5 Å². The van der Waals surface area contributed by atoms with Gasteiger partial charge < -0.3 is 19.7 Å². The Labute approximate surface area is 184 Å². The summed E-state index contributed by atoms with van der Waals surface area (Å²) in [4.78, 5) is 11.2. The second kappa shape index (κ2) is 10.6. The lowest BCUT2D eigenvalue weighted by Crippen LogP contribution is -2.29. The van der Waals surface area contributed by atoms with E-state index in [9.17, 15) is 8.42 Å². The normalized spacial score (nSPS) is 14.0. The van der Waals surface area contributed by atoms with Gasteiger partial charge in [0.25, 0.3) is 0 Å². The number of sulfonamides is 1. The molecule has 0 saturated carbocycles. The van der Waals surface area contributed by atoms with E-state index >= 15 is 0 Å². The van der Waals surface area contributed by atoms with Crippen molar-refractivity contribution >= 4 is 21.7 Å². The molecule has 1 aliphatic rings. The minimum absolute atomic E-state index is 0.0898. The number of aromatic nitrogens is 2. The molecule has 1 aromatic carbocycles. The van der Waals surface area contributed by atoms with Gasteiger partial charge in [0.15, 0.2) is 0 Å². The average molecular weight is 450 g/mol. The molecular formula is C21H31N5O4S. The van der Waals surface area contributed by atoms with Crippen LogP contribution in [0.5, 0.6) is 11.5 Å². The van der Waals surface area contributed by atoms with E-state index in [4.69, 9.17) is 9.47 Å². The van der Waals surface area contributed by atoms with Gasteiger partial charge in [0.2, 0.25) is 10.0 Å². The van der Waals surface area contributed by atoms with Crippen molar-refractivity contribution in [1.82, 2.24) is 14.7 Å². The quantitative estimate of drug-likeness (QED) is 0.504. The average Bonchev–Trinajstić information content (AvgIpc) is 3.26. The number of nitrogens with one attached hydrogen (secondary N) is 2.